The maximum absolute atomic E-state index is 12.3. The Hall–Kier alpha value is -1.84. The van der Waals surface area contributed by atoms with E-state index < -0.39 is 0 Å². The molecule has 2 aromatic rings. The van der Waals surface area contributed by atoms with Gasteiger partial charge in [-0.15, -0.1) is 0 Å². The number of benzene rings is 2. The lowest BCUT2D eigenvalue weighted by molar-refractivity contribution is 0.0930. The van der Waals surface area contributed by atoms with Crippen molar-refractivity contribution in [2.24, 2.45) is 0 Å². The molecule has 1 amide bonds. The first-order valence-electron chi connectivity index (χ1n) is 7.39. The Morgan fingerprint density at radius 3 is 2.86 bits per heavy atom. The van der Waals surface area contributed by atoms with Gasteiger partial charge < -0.3 is 10.1 Å². The fraction of sp³-hybridized carbons (Fsp3) is 0.278. The summed E-state index contributed by atoms with van der Waals surface area (Å²) in [5.41, 5.74) is 3.64. The number of amides is 1. The van der Waals surface area contributed by atoms with Crippen molar-refractivity contribution < 1.29 is 9.53 Å². The van der Waals surface area contributed by atoms with Crippen LogP contribution in [0.5, 0.6) is 0 Å². The largest absolute Gasteiger partial charge is 0.379 e. The second kappa shape index (κ2) is 6.51. The Kier molecular flexibility index (Phi) is 4.46. The molecule has 114 valence electrons. The lowest BCUT2D eigenvalue weighted by atomic mass is 10.0. The minimum Gasteiger partial charge on any atom is -0.379 e. The Morgan fingerprint density at radius 1 is 1.27 bits per heavy atom. The van der Waals surface area contributed by atoms with Gasteiger partial charge in [0.1, 0.15) is 0 Å². The van der Waals surface area contributed by atoms with Gasteiger partial charge in [-0.3, -0.25) is 4.79 Å². The van der Waals surface area contributed by atoms with Crippen LogP contribution in [-0.2, 0) is 4.74 Å². The average molecular weight is 316 g/mol. The molecule has 4 heteroatoms. The first-order chi connectivity index (χ1) is 10.6. The van der Waals surface area contributed by atoms with E-state index in [2.05, 4.69) is 5.32 Å². The minimum atomic E-state index is -0.0689. The van der Waals surface area contributed by atoms with Gasteiger partial charge in [0, 0.05) is 22.8 Å². The zero-order valence-corrected chi connectivity index (χ0v) is 13.2. The van der Waals surface area contributed by atoms with Crippen molar-refractivity contribution in [1.82, 2.24) is 5.32 Å². The molecular weight excluding hydrogens is 298 g/mol. The summed E-state index contributed by atoms with van der Waals surface area (Å²) in [4.78, 5) is 12.3. The fourth-order valence-electron chi connectivity index (χ4n) is 2.60. The predicted molar refractivity (Wildman–Crippen MR) is 88.3 cm³/mol. The Morgan fingerprint density at radius 2 is 2.14 bits per heavy atom. The molecule has 1 saturated heterocycles. The topological polar surface area (TPSA) is 38.3 Å². The van der Waals surface area contributed by atoms with Crippen molar-refractivity contribution >= 4 is 17.5 Å². The van der Waals surface area contributed by atoms with E-state index in [4.69, 9.17) is 16.3 Å². The van der Waals surface area contributed by atoms with E-state index in [0.29, 0.717) is 23.8 Å². The molecule has 1 aliphatic heterocycles. The number of aryl methyl sites for hydroxylation is 1. The molecule has 22 heavy (non-hydrogen) atoms. The molecule has 1 N–H and O–H groups in total. The maximum Gasteiger partial charge on any atom is 0.251 e. The van der Waals surface area contributed by atoms with Crippen molar-refractivity contribution in [3.63, 3.8) is 0 Å². The van der Waals surface area contributed by atoms with E-state index in [-0.39, 0.29) is 11.9 Å². The predicted octanol–water partition coefficient (Wildman–Crippen LogP) is 3.83. The fourth-order valence-corrected chi connectivity index (χ4v) is 2.94. The molecule has 1 fully saturated rings. The van der Waals surface area contributed by atoms with Gasteiger partial charge in [-0.1, -0.05) is 35.9 Å². The van der Waals surface area contributed by atoms with Crippen molar-refractivity contribution in [3.8, 4) is 11.1 Å². The number of carbonyl (C=O) groups is 1. The maximum atomic E-state index is 12.3. The van der Waals surface area contributed by atoms with E-state index in [0.717, 1.165) is 23.1 Å². The second-order valence-corrected chi connectivity index (χ2v) is 6.01. The third-order valence-corrected chi connectivity index (χ3v) is 4.14. The van der Waals surface area contributed by atoms with Gasteiger partial charge in [-0.05, 0) is 42.7 Å². The van der Waals surface area contributed by atoms with E-state index in [1.54, 1.807) is 0 Å². The van der Waals surface area contributed by atoms with Crippen LogP contribution < -0.4 is 5.32 Å². The highest BCUT2D eigenvalue weighted by molar-refractivity contribution is 6.33. The quantitative estimate of drug-likeness (QED) is 0.934. The van der Waals surface area contributed by atoms with Gasteiger partial charge in [-0.25, -0.2) is 0 Å². The monoisotopic (exact) mass is 315 g/mol. The zero-order chi connectivity index (χ0) is 15.5. The summed E-state index contributed by atoms with van der Waals surface area (Å²) in [5, 5.41) is 3.70. The van der Waals surface area contributed by atoms with Gasteiger partial charge in [0.2, 0.25) is 0 Å². The Balaban J connectivity index is 1.84. The summed E-state index contributed by atoms with van der Waals surface area (Å²) >= 11 is 6.32. The summed E-state index contributed by atoms with van der Waals surface area (Å²) in [6.45, 7) is 3.31. The zero-order valence-electron chi connectivity index (χ0n) is 12.4. The molecule has 0 aromatic heterocycles. The Labute approximate surface area is 135 Å². The standard InChI is InChI=1S/C18H18ClNO2/c1-12-5-6-16(17(19)9-12)13-3-2-4-14(10-13)18(21)20-15-7-8-22-11-15/h2-6,9-10,15H,7-8,11H2,1H3,(H,20,21)/t15-/m1/s1. The van der Waals surface area contributed by atoms with Gasteiger partial charge in [-0.2, -0.15) is 0 Å². The normalized spacial score (nSPS) is 17.5. The summed E-state index contributed by atoms with van der Waals surface area (Å²) in [6.07, 6.45) is 0.870. The molecule has 1 aliphatic rings. The van der Waals surface area contributed by atoms with Gasteiger partial charge in [0.25, 0.3) is 5.91 Å². The SMILES string of the molecule is Cc1ccc(-c2cccc(C(=O)N[C@@H]3CCOC3)c2)c(Cl)c1. The van der Waals surface area contributed by atoms with Gasteiger partial charge >= 0.3 is 0 Å². The number of ether oxygens (including phenoxy) is 1. The highest BCUT2D eigenvalue weighted by Gasteiger charge is 2.18. The van der Waals surface area contributed by atoms with Crippen LogP contribution in [0.3, 0.4) is 0 Å². The summed E-state index contributed by atoms with van der Waals surface area (Å²) in [7, 11) is 0. The van der Waals surface area contributed by atoms with E-state index in [1.807, 2.05) is 49.4 Å². The molecule has 0 unspecified atom stereocenters. The highest BCUT2D eigenvalue weighted by Crippen LogP contribution is 2.29. The smallest absolute Gasteiger partial charge is 0.251 e. The van der Waals surface area contributed by atoms with Crippen LogP contribution in [0.25, 0.3) is 11.1 Å². The van der Waals surface area contributed by atoms with Crippen LogP contribution >= 0.6 is 11.6 Å². The highest BCUT2D eigenvalue weighted by atomic mass is 35.5. The summed E-state index contributed by atoms with van der Waals surface area (Å²) in [6, 6.07) is 13.6. The number of rotatable bonds is 3. The van der Waals surface area contributed by atoms with Gasteiger partial charge in [0.05, 0.1) is 12.6 Å². The summed E-state index contributed by atoms with van der Waals surface area (Å²) < 4.78 is 5.28. The lowest BCUT2D eigenvalue weighted by Gasteiger charge is -2.12. The first kappa shape index (κ1) is 15.1. The number of halogens is 1. The van der Waals surface area contributed by atoms with Gasteiger partial charge in [0.15, 0.2) is 0 Å². The second-order valence-electron chi connectivity index (χ2n) is 5.60. The van der Waals surface area contributed by atoms with E-state index >= 15 is 0 Å². The average Bonchev–Trinajstić information content (AvgIpc) is 3.00. The van der Waals surface area contributed by atoms with Crippen LogP contribution in [-0.4, -0.2) is 25.2 Å². The van der Waals surface area contributed by atoms with Crippen LogP contribution in [0.2, 0.25) is 5.02 Å². The molecule has 0 spiro atoms. The minimum absolute atomic E-state index is 0.0689. The molecule has 0 radical (unpaired) electrons. The summed E-state index contributed by atoms with van der Waals surface area (Å²) in [5.74, 6) is -0.0689. The van der Waals surface area contributed by atoms with Crippen LogP contribution in [0.1, 0.15) is 22.3 Å². The number of hydrogen-bond acceptors (Lipinski definition) is 2. The molecular formula is C18H18ClNO2. The van der Waals surface area contributed by atoms with E-state index in [1.165, 1.54) is 0 Å². The molecule has 0 saturated carbocycles. The molecule has 0 bridgehead atoms. The number of hydrogen-bond donors (Lipinski definition) is 1. The molecule has 3 nitrogen and oxygen atoms in total. The third-order valence-electron chi connectivity index (χ3n) is 3.83. The number of nitrogens with one attached hydrogen (secondary N) is 1. The van der Waals surface area contributed by atoms with Crippen molar-refractivity contribution in [3.05, 3.63) is 58.6 Å². The van der Waals surface area contributed by atoms with Crippen LogP contribution in [0.4, 0.5) is 0 Å². The first-order valence-corrected chi connectivity index (χ1v) is 7.76. The van der Waals surface area contributed by atoms with Crippen LogP contribution in [0.15, 0.2) is 42.5 Å². The van der Waals surface area contributed by atoms with Crippen molar-refractivity contribution in [1.29, 1.82) is 0 Å². The Bertz CT molecular complexity index is 693. The molecule has 0 aliphatic carbocycles. The van der Waals surface area contributed by atoms with Crippen LogP contribution in [0, 0.1) is 6.92 Å². The van der Waals surface area contributed by atoms with Crippen molar-refractivity contribution in [2.45, 2.75) is 19.4 Å². The number of carbonyl (C=O) groups excluding carboxylic acids is 1. The molecule has 2 aromatic carbocycles. The van der Waals surface area contributed by atoms with Crippen molar-refractivity contribution in [2.75, 3.05) is 13.2 Å². The lowest BCUT2D eigenvalue weighted by Crippen LogP contribution is -2.34. The molecule has 1 heterocycles. The third kappa shape index (κ3) is 3.32. The molecule has 1 atom stereocenters. The molecule has 3 rings (SSSR count). The van der Waals surface area contributed by atoms with E-state index in [9.17, 15) is 4.79 Å².